The van der Waals surface area contributed by atoms with Gasteiger partial charge in [0.15, 0.2) is 4.80 Å². The Kier molecular flexibility index (Phi) is 7.30. The molecule has 40 heavy (non-hydrogen) atoms. The summed E-state index contributed by atoms with van der Waals surface area (Å²) in [7, 11) is 0. The number of phenolic OH excluding ortho intramolecular Hbond substituents is 1. The van der Waals surface area contributed by atoms with Crippen LogP contribution in [0, 0.1) is 10.1 Å². The molecule has 0 bridgehead atoms. The summed E-state index contributed by atoms with van der Waals surface area (Å²) in [4.78, 5) is 43.1. The van der Waals surface area contributed by atoms with Crippen LogP contribution in [0.3, 0.4) is 0 Å². The van der Waals surface area contributed by atoms with Crippen molar-refractivity contribution in [1.29, 1.82) is 0 Å². The molecule has 2 N–H and O–H groups in total. The standard InChI is InChI=1S/C29H24N4O6S/c1-3-39-22-12-9-18(10-13-22)26-25(27(35)31-20-7-5-4-6-8-20)17(2)30-29-32(26)28(36)24(40-29)16-19-15-21(33(37)38)11-14-23(19)34/h4-16,26,34H,3H2,1-2H3,(H,31,35)/b24-16-/t26-/m1/s1. The second-order valence-corrected chi connectivity index (χ2v) is 9.91. The number of fused-ring (bicyclic) bond motifs is 1. The molecule has 2 heterocycles. The number of rotatable bonds is 7. The molecule has 0 aliphatic carbocycles. The van der Waals surface area contributed by atoms with E-state index >= 15 is 0 Å². The topological polar surface area (TPSA) is 136 Å². The number of carbonyl (C=O) groups excluding carboxylic acids is 1. The van der Waals surface area contributed by atoms with Crippen molar-refractivity contribution in [2.75, 3.05) is 11.9 Å². The van der Waals surface area contributed by atoms with Crippen molar-refractivity contribution >= 4 is 34.7 Å². The molecule has 0 fully saturated rings. The minimum Gasteiger partial charge on any atom is -0.507 e. The number of phenols is 1. The van der Waals surface area contributed by atoms with Gasteiger partial charge in [0.1, 0.15) is 11.5 Å². The van der Waals surface area contributed by atoms with Gasteiger partial charge in [0, 0.05) is 23.4 Å². The number of nitrogens with one attached hydrogen (secondary N) is 1. The quantitative estimate of drug-likeness (QED) is 0.262. The van der Waals surface area contributed by atoms with E-state index in [0.717, 1.165) is 11.3 Å². The number of carbonyl (C=O) groups is 1. The summed E-state index contributed by atoms with van der Waals surface area (Å²) >= 11 is 1.07. The molecule has 4 aromatic rings. The van der Waals surface area contributed by atoms with Crippen LogP contribution in [0.5, 0.6) is 11.5 Å². The normalized spacial score (nSPS) is 14.8. The number of thiazole rings is 1. The summed E-state index contributed by atoms with van der Waals surface area (Å²) in [6.07, 6.45) is 1.39. The van der Waals surface area contributed by atoms with Crippen molar-refractivity contribution in [1.82, 2.24) is 4.57 Å². The van der Waals surface area contributed by atoms with Crippen LogP contribution in [0.1, 0.15) is 31.0 Å². The average Bonchev–Trinajstić information content (AvgIpc) is 3.24. The number of benzene rings is 3. The maximum absolute atomic E-state index is 13.8. The third-order valence-corrected chi connectivity index (χ3v) is 7.30. The molecule has 11 heteroatoms. The average molecular weight is 557 g/mol. The van der Waals surface area contributed by atoms with Crippen LogP contribution in [-0.2, 0) is 4.79 Å². The molecule has 1 aromatic heterocycles. The molecule has 1 aliphatic rings. The van der Waals surface area contributed by atoms with Gasteiger partial charge in [-0.05, 0) is 55.8 Å². The molecule has 0 spiro atoms. The van der Waals surface area contributed by atoms with Gasteiger partial charge in [-0.25, -0.2) is 4.99 Å². The number of ether oxygens (including phenoxy) is 1. The highest BCUT2D eigenvalue weighted by Gasteiger charge is 2.32. The molecule has 5 rings (SSSR count). The highest BCUT2D eigenvalue weighted by atomic mass is 32.1. The molecule has 202 valence electrons. The number of para-hydroxylation sites is 1. The molecule has 3 aromatic carbocycles. The Bertz CT molecular complexity index is 1820. The van der Waals surface area contributed by atoms with E-state index in [4.69, 9.17) is 4.74 Å². The molecular weight excluding hydrogens is 532 g/mol. The van der Waals surface area contributed by atoms with Gasteiger partial charge in [0.2, 0.25) is 0 Å². The molecule has 1 aliphatic heterocycles. The number of hydrogen-bond donors (Lipinski definition) is 2. The first-order chi connectivity index (χ1) is 19.3. The Hall–Kier alpha value is -5.03. The highest BCUT2D eigenvalue weighted by molar-refractivity contribution is 7.07. The predicted molar refractivity (Wildman–Crippen MR) is 151 cm³/mol. The molecular formula is C29H24N4O6S. The van der Waals surface area contributed by atoms with E-state index in [0.29, 0.717) is 39.7 Å². The number of amides is 1. The Morgan fingerprint density at radius 3 is 2.58 bits per heavy atom. The molecule has 0 radical (unpaired) electrons. The zero-order valence-corrected chi connectivity index (χ0v) is 22.3. The first-order valence-electron chi connectivity index (χ1n) is 12.4. The third kappa shape index (κ3) is 5.14. The largest absolute Gasteiger partial charge is 0.507 e. The van der Waals surface area contributed by atoms with Crippen molar-refractivity contribution in [2.24, 2.45) is 4.99 Å². The molecule has 0 saturated heterocycles. The smallest absolute Gasteiger partial charge is 0.271 e. The first kappa shape index (κ1) is 26.6. The number of nitro groups is 1. The minimum absolute atomic E-state index is 0.120. The number of anilines is 1. The van der Waals surface area contributed by atoms with E-state index in [1.54, 1.807) is 55.5 Å². The van der Waals surface area contributed by atoms with Crippen LogP contribution in [-0.4, -0.2) is 27.1 Å². The summed E-state index contributed by atoms with van der Waals surface area (Å²) in [6.45, 7) is 4.08. The van der Waals surface area contributed by atoms with Gasteiger partial charge in [-0.1, -0.05) is 41.7 Å². The van der Waals surface area contributed by atoms with Crippen molar-refractivity contribution in [3.8, 4) is 11.5 Å². The fourth-order valence-corrected chi connectivity index (χ4v) is 5.51. The number of nitro benzene ring substituents is 1. The zero-order chi connectivity index (χ0) is 28.4. The number of aromatic nitrogens is 1. The number of aromatic hydroxyl groups is 1. The van der Waals surface area contributed by atoms with Crippen LogP contribution in [0.2, 0.25) is 0 Å². The Balaban J connectivity index is 1.67. The third-order valence-electron chi connectivity index (χ3n) is 6.31. The van der Waals surface area contributed by atoms with Crippen molar-refractivity contribution in [2.45, 2.75) is 19.9 Å². The fraction of sp³-hybridized carbons (Fsp3) is 0.138. The molecule has 0 saturated carbocycles. The van der Waals surface area contributed by atoms with E-state index in [2.05, 4.69) is 10.3 Å². The lowest BCUT2D eigenvalue weighted by Gasteiger charge is -2.25. The summed E-state index contributed by atoms with van der Waals surface area (Å²) in [5, 5.41) is 24.5. The van der Waals surface area contributed by atoms with Gasteiger partial charge in [-0.3, -0.25) is 24.3 Å². The number of nitrogens with zero attached hydrogens (tertiary/aromatic N) is 3. The van der Waals surface area contributed by atoms with Crippen LogP contribution in [0.4, 0.5) is 11.4 Å². The number of hydrogen-bond acceptors (Lipinski definition) is 8. The lowest BCUT2D eigenvalue weighted by molar-refractivity contribution is -0.384. The van der Waals surface area contributed by atoms with E-state index in [-0.39, 0.29) is 21.5 Å². The molecule has 0 unspecified atom stereocenters. The van der Waals surface area contributed by atoms with Crippen LogP contribution in [0.25, 0.3) is 6.08 Å². The van der Waals surface area contributed by atoms with Gasteiger partial charge in [-0.2, -0.15) is 0 Å². The minimum atomic E-state index is -0.809. The SMILES string of the molecule is CCOc1ccc([C@@H]2C(C(=O)Nc3ccccc3)=C(C)N=c3s/c(=C\c4cc([N+](=O)[O-])ccc4O)c(=O)n32)cc1. The lowest BCUT2D eigenvalue weighted by Crippen LogP contribution is -2.40. The second kappa shape index (κ2) is 11.0. The maximum atomic E-state index is 13.8. The Morgan fingerprint density at radius 1 is 1.18 bits per heavy atom. The number of allylic oxidation sites excluding steroid dienone is 1. The van der Waals surface area contributed by atoms with Crippen LogP contribution in [0.15, 0.2) is 93.9 Å². The van der Waals surface area contributed by atoms with Gasteiger partial charge >= 0.3 is 0 Å². The van der Waals surface area contributed by atoms with Crippen LogP contribution < -0.4 is 24.9 Å². The summed E-state index contributed by atoms with van der Waals surface area (Å²) in [6, 6.07) is 18.9. The molecule has 10 nitrogen and oxygen atoms in total. The fourth-order valence-electron chi connectivity index (χ4n) is 4.47. The highest BCUT2D eigenvalue weighted by Crippen LogP contribution is 2.32. The van der Waals surface area contributed by atoms with Crippen LogP contribution >= 0.6 is 11.3 Å². The van der Waals surface area contributed by atoms with E-state index in [1.165, 1.54) is 28.8 Å². The van der Waals surface area contributed by atoms with Gasteiger partial charge in [0.25, 0.3) is 17.2 Å². The lowest BCUT2D eigenvalue weighted by atomic mass is 9.95. The van der Waals surface area contributed by atoms with E-state index in [1.807, 2.05) is 13.0 Å². The summed E-state index contributed by atoms with van der Waals surface area (Å²) in [5.41, 5.74) is 1.45. The Labute approximate surface area is 232 Å². The maximum Gasteiger partial charge on any atom is 0.271 e. The summed E-state index contributed by atoms with van der Waals surface area (Å²) in [5.74, 6) is 0.0337. The van der Waals surface area contributed by atoms with E-state index < -0.39 is 22.4 Å². The molecule has 1 atom stereocenters. The second-order valence-electron chi connectivity index (χ2n) is 8.90. The monoisotopic (exact) mass is 556 g/mol. The van der Waals surface area contributed by atoms with Gasteiger partial charge < -0.3 is 15.2 Å². The first-order valence-corrected chi connectivity index (χ1v) is 13.2. The Morgan fingerprint density at radius 2 is 1.90 bits per heavy atom. The predicted octanol–water partition coefficient (Wildman–Crippen LogP) is 3.89. The number of non-ortho nitro benzene ring substituents is 1. The van der Waals surface area contributed by atoms with Crippen molar-refractivity contribution in [3.05, 3.63) is 125 Å². The zero-order valence-electron chi connectivity index (χ0n) is 21.5. The van der Waals surface area contributed by atoms with Crippen molar-refractivity contribution < 1.29 is 19.6 Å². The summed E-state index contributed by atoms with van der Waals surface area (Å²) < 4.78 is 7.21. The van der Waals surface area contributed by atoms with Crippen molar-refractivity contribution in [3.63, 3.8) is 0 Å². The van der Waals surface area contributed by atoms with Gasteiger partial charge in [-0.15, -0.1) is 0 Å². The van der Waals surface area contributed by atoms with Gasteiger partial charge in [0.05, 0.1) is 33.4 Å². The van der Waals surface area contributed by atoms with E-state index in [9.17, 15) is 24.8 Å². The molecule has 1 amide bonds.